The molecule has 0 heterocycles. The Balaban J connectivity index is 1.96. The van der Waals surface area contributed by atoms with Crippen molar-refractivity contribution in [3.05, 3.63) is 34.3 Å². The van der Waals surface area contributed by atoms with Crippen molar-refractivity contribution in [1.29, 1.82) is 0 Å². The third-order valence-corrected chi connectivity index (χ3v) is 5.20. The summed E-state index contributed by atoms with van der Waals surface area (Å²) in [5.74, 6) is -0.407. The molecule has 29 heavy (non-hydrogen) atoms. The van der Waals surface area contributed by atoms with Crippen molar-refractivity contribution < 1.29 is 9.59 Å². The van der Waals surface area contributed by atoms with Crippen molar-refractivity contribution in [2.24, 2.45) is 5.10 Å². The lowest BCUT2D eigenvalue weighted by Gasteiger charge is -2.05. The standard InChI is InChI=1S/C23H36BrN3O2/c1-2-3-4-5-6-7-8-9-10-11-12-16-22(28)25-19-23(29)27-26-18-20-14-13-15-21(24)17-20/h13-15,17-18H,2-12,16,19H2,1H3,(H,25,28)(H,27,29)/b26-18+. The van der Waals surface area contributed by atoms with E-state index in [0.717, 1.165) is 22.9 Å². The minimum absolute atomic E-state index is 0.0489. The number of halogens is 1. The number of hydrogen-bond acceptors (Lipinski definition) is 3. The molecule has 0 saturated carbocycles. The fourth-order valence-electron chi connectivity index (χ4n) is 3.02. The lowest BCUT2D eigenvalue weighted by Crippen LogP contribution is -2.34. The first-order valence-corrected chi connectivity index (χ1v) is 11.7. The van der Waals surface area contributed by atoms with Gasteiger partial charge in [0.2, 0.25) is 5.91 Å². The number of hydrazone groups is 1. The smallest absolute Gasteiger partial charge is 0.259 e. The van der Waals surface area contributed by atoms with Gasteiger partial charge in [-0.15, -0.1) is 0 Å². The van der Waals surface area contributed by atoms with Gasteiger partial charge in [-0.05, 0) is 24.1 Å². The molecule has 0 aliphatic heterocycles. The van der Waals surface area contributed by atoms with E-state index in [9.17, 15) is 9.59 Å². The summed E-state index contributed by atoms with van der Waals surface area (Å²) >= 11 is 3.38. The van der Waals surface area contributed by atoms with Gasteiger partial charge in [0.15, 0.2) is 0 Å². The molecule has 5 nitrogen and oxygen atoms in total. The zero-order chi connectivity index (χ0) is 21.2. The fourth-order valence-corrected chi connectivity index (χ4v) is 3.44. The van der Waals surface area contributed by atoms with Crippen molar-refractivity contribution in [2.45, 2.75) is 84.0 Å². The Hall–Kier alpha value is -1.69. The molecule has 1 rings (SSSR count). The highest BCUT2D eigenvalue weighted by Crippen LogP contribution is 2.12. The van der Waals surface area contributed by atoms with Gasteiger partial charge in [-0.25, -0.2) is 5.43 Å². The fraction of sp³-hybridized carbons (Fsp3) is 0.609. The van der Waals surface area contributed by atoms with Crippen LogP contribution >= 0.6 is 15.9 Å². The zero-order valence-electron chi connectivity index (χ0n) is 17.7. The van der Waals surface area contributed by atoms with Crippen LogP contribution in [0, 0.1) is 0 Å². The van der Waals surface area contributed by atoms with Gasteiger partial charge in [0.05, 0.1) is 12.8 Å². The van der Waals surface area contributed by atoms with E-state index in [1.807, 2.05) is 24.3 Å². The maximum absolute atomic E-state index is 11.8. The summed E-state index contributed by atoms with van der Waals surface area (Å²) < 4.78 is 0.947. The predicted molar refractivity (Wildman–Crippen MR) is 124 cm³/mol. The largest absolute Gasteiger partial charge is 0.347 e. The van der Waals surface area contributed by atoms with Gasteiger partial charge in [0.1, 0.15) is 0 Å². The number of unbranched alkanes of at least 4 members (excludes halogenated alkanes) is 10. The second kappa shape index (κ2) is 17.2. The average Bonchev–Trinajstić information content (AvgIpc) is 2.70. The van der Waals surface area contributed by atoms with Gasteiger partial charge in [0, 0.05) is 10.9 Å². The molecule has 0 spiro atoms. The number of benzene rings is 1. The van der Waals surface area contributed by atoms with Crippen LogP contribution < -0.4 is 10.7 Å². The van der Waals surface area contributed by atoms with Crippen LogP contribution in [0.2, 0.25) is 0 Å². The molecule has 0 unspecified atom stereocenters. The SMILES string of the molecule is CCCCCCCCCCCCCC(=O)NCC(=O)N/N=C/c1cccc(Br)c1. The van der Waals surface area contributed by atoms with Gasteiger partial charge in [-0.1, -0.05) is 99.2 Å². The molecule has 6 heteroatoms. The van der Waals surface area contributed by atoms with Crippen LogP contribution in [0.5, 0.6) is 0 Å². The maximum Gasteiger partial charge on any atom is 0.259 e. The van der Waals surface area contributed by atoms with Gasteiger partial charge in [-0.2, -0.15) is 5.10 Å². The van der Waals surface area contributed by atoms with Crippen LogP contribution in [-0.2, 0) is 9.59 Å². The lowest BCUT2D eigenvalue weighted by molar-refractivity contribution is -0.126. The van der Waals surface area contributed by atoms with Crippen molar-refractivity contribution >= 4 is 34.0 Å². The molecule has 0 aromatic heterocycles. The topological polar surface area (TPSA) is 70.6 Å². The van der Waals surface area contributed by atoms with E-state index in [1.54, 1.807) is 6.21 Å². The molecular formula is C23H36BrN3O2. The Labute approximate surface area is 184 Å². The molecule has 0 radical (unpaired) electrons. The average molecular weight is 466 g/mol. The first kappa shape index (κ1) is 25.3. The normalized spacial score (nSPS) is 11.0. The van der Waals surface area contributed by atoms with E-state index in [2.05, 4.69) is 38.7 Å². The third kappa shape index (κ3) is 14.9. The second-order valence-electron chi connectivity index (χ2n) is 7.41. The highest BCUT2D eigenvalue weighted by Gasteiger charge is 2.04. The van der Waals surface area contributed by atoms with Crippen molar-refractivity contribution in [3.8, 4) is 0 Å². The van der Waals surface area contributed by atoms with E-state index in [-0.39, 0.29) is 18.4 Å². The first-order valence-electron chi connectivity index (χ1n) is 11.0. The Kier molecular flexibility index (Phi) is 15.0. The zero-order valence-corrected chi connectivity index (χ0v) is 19.3. The van der Waals surface area contributed by atoms with Crippen molar-refractivity contribution in [1.82, 2.24) is 10.7 Å². The minimum Gasteiger partial charge on any atom is -0.347 e. The van der Waals surface area contributed by atoms with Crippen LogP contribution in [0.4, 0.5) is 0 Å². The maximum atomic E-state index is 11.8. The van der Waals surface area contributed by atoms with Gasteiger partial charge in [0.25, 0.3) is 5.91 Å². The highest BCUT2D eigenvalue weighted by molar-refractivity contribution is 9.10. The molecule has 1 aromatic carbocycles. The van der Waals surface area contributed by atoms with E-state index < -0.39 is 0 Å². The number of carbonyl (C=O) groups excluding carboxylic acids is 2. The molecule has 0 aliphatic carbocycles. The molecule has 2 N–H and O–H groups in total. The summed E-state index contributed by atoms with van der Waals surface area (Å²) in [6, 6.07) is 7.59. The summed E-state index contributed by atoms with van der Waals surface area (Å²) in [4.78, 5) is 23.5. The van der Waals surface area contributed by atoms with E-state index in [4.69, 9.17) is 0 Å². The lowest BCUT2D eigenvalue weighted by atomic mass is 10.1. The van der Waals surface area contributed by atoms with E-state index in [1.165, 1.54) is 57.8 Å². The first-order chi connectivity index (χ1) is 14.1. The van der Waals surface area contributed by atoms with E-state index in [0.29, 0.717) is 6.42 Å². The molecule has 1 aromatic rings. The number of nitrogens with one attached hydrogen (secondary N) is 2. The van der Waals surface area contributed by atoms with Crippen molar-refractivity contribution in [3.63, 3.8) is 0 Å². The highest BCUT2D eigenvalue weighted by atomic mass is 79.9. The van der Waals surface area contributed by atoms with E-state index >= 15 is 0 Å². The van der Waals surface area contributed by atoms with Crippen LogP contribution in [0.25, 0.3) is 0 Å². The number of carbonyl (C=O) groups is 2. The van der Waals surface area contributed by atoms with Gasteiger partial charge in [-0.3, -0.25) is 9.59 Å². The number of hydrogen-bond donors (Lipinski definition) is 2. The Morgan fingerprint density at radius 1 is 0.931 bits per heavy atom. The molecule has 0 atom stereocenters. The summed E-state index contributed by atoms with van der Waals surface area (Å²) in [7, 11) is 0. The van der Waals surface area contributed by atoms with Crippen LogP contribution in [-0.4, -0.2) is 24.6 Å². The Morgan fingerprint density at radius 2 is 1.55 bits per heavy atom. The third-order valence-electron chi connectivity index (χ3n) is 4.71. The molecule has 0 fully saturated rings. The monoisotopic (exact) mass is 465 g/mol. The molecule has 162 valence electrons. The molecule has 0 bridgehead atoms. The molecule has 0 saturated heterocycles. The second-order valence-corrected chi connectivity index (χ2v) is 8.33. The van der Waals surface area contributed by atoms with Crippen LogP contribution in [0.3, 0.4) is 0 Å². The minimum atomic E-state index is -0.330. The number of rotatable bonds is 16. The summed E-state index contributed by atoms with van der Waals surface area (Å²) in [6.45, 7) is 2.20. The van der Waals surface area contributed by atoms with Crippen LogP contribution in [0.1, 0.15) is 89.5 Å². The van der Waals surface area contributed by atoms with Gasteiger partial charge >= 0.3 is 0 Å². The predicted octanol–water partition coefficient (Wildman–Crippen LogP) is 5.72. The Morgan fingerprint density at radius 3 is 2.17 bits per heavy atom. The molecule has 0 aliphatic rings. The van der Waals surface area contributed by atoms with Gasteiger partial charge < -0.3 is 5.32 Å². The summed E-state index contributed by atoms with van der Waals surface area (Å²) in [5, 5.41) is 6.54. The quantitative estimate of drug-likeness (QED) is 0.186. The van der Waals surface area contributed by atoms with Crippen molar-refractivity contribution in [2.75, 3.05) is 6.54 Å². The van der Waals surface area contributed by atoms with Crippen LogP contribution in [0.15, 0.2) is 33.8 Å². The summed E-state index contributed by atoms with van der Waals surface area (Å²) in [5.41, 5.74) is 3.29. The Bertz CT molecular complexity index is 620. The molecule has 2 amide bonds. The number of amides is 2. The number of nitrogens with zero attached hydrogens (tertiary/aromatic N) is 1. The molecular weight excluding hydrogens is 430 g/mol. The summed E-state index contributed by atoms with van der Waals surface area (Å²) in [6.07, 6.45) is 15.9.